The number of halogens is 1. The molecule has 1 saturated heterocycles. The predicted molar refractivity (Wildman–Crippen MR) is 77.0 cm³/mol. The second kappa shape index (κ2) is 6.07. The van der Waals surface area contributed by atoms with Gasteiger partial charge < -0.3 is 4.90 Å². The number of non-ortho nitro benzene ring substituents is 1. The molecule has 0 N–H and O–H groups in total. The van der Waals surface area contributed by atoms with Crippen LogP contribution in [0.25, 0.3) is 0 Å². The Labute approximate surface area is 122 Å². The maximum absolute atomic E-state index is 10.7. The number of anilines is 1. The van der Waals surface area contributed by atoms with E-state index in [4.69, 9.17) is 16.9 Å². The van der Waals surface area contributed by atoms with Gasteiger partial charge in [0.05, 0.1) is 27.7 Å². The first-order valence-electron chi connectivity index (χ1n) is 6.35. The third-order valence-electron chi connectivity index (χ3n) is 3.53. The van der Waals surface area contributed by atoms with Crippen LogP contribution in [0.1, 0.15) is 6.92 Å². The summed E-state index contributed by atoms with van der Waals surface area (Å²) in [6, 6.07) is 6.66. The zero-order chi connectivity index (χ0) is 14.7. The monoisotopic (exact) mass is 294 g/mol. The number of nitro groups is 1. The van der Waals surface area contributed by atoms with E-state index < -0.39 is 4.92 Å². The number of rotatable bonds is 3. The van der Waals surface area contributed by atoms with Crippen LogP contribution in [0.15, 0.2) is 18.2 Å². The van der Waals surface area contributed by atoms with Gasteiger partial charge in [-0.3, -0.25) is 15.0 Å². The fraction of sp³-hybridized carbons (Fsp3) is 0.462. The Hall–Kier alpha value is -1.84. The fourth-order valence-corrected chi connectivity index (χ4v) is 2.59. The van der Waals surface area contributed by atoms with Crippen LogP contribution in [0.4, 0.5) is 11.4 Å². The fourth-order valence-electron chi connectivity index (χ4n) is 2.30. The molecule has 1 aromatic rings. The quantitative estimate of drug-likeness (QED) is 0.631. The highest BCUT2D eigenvalue weighted by atomic mass is 35.5. The van der Waals surface area contributed by atoms with Crippen molar-refractivity contribution in [2.24, 2.45) is 0 Å². The van der Waals surface area contributed by atoms with E-state index in [-0.39, 0.29) is 11.7 Å². The van der Waals surface area contributed by atoms with Crippen molar-refractivity contribution >= 4 is 23.0 Å². The molecule has 20 heavy (non-hydrogen) atoms. The summed E-state index contributed by atoms with van der Waals surface area (Å²) < 4.78 is 0. The van der Waals surface area contributed by atoms with Crippen molar-refractivity contribution in [3.05, 3.63) is 33.3 Å². The Morgan fingerprint density at radius 2 is 2.05 bits per heavy atom. The minimum Gasteiger partial charge on any atom is -0.368 e. The summed E-state index contributed by atoms with van der Waals surface area (Å²) in [5, 5.41) is 20.0. The summed E-state index contributed by atoms with van der Waals surface area (Å²) in [4.78, 5) is 14.4. The van der Waals surface area contributed by atoms with Crippen molar-refractivity contribution in [2.75, 3.05) is 31.1 Å². The Balaban J connectivity index is 2.08. The Morgan fingerprint density at radius 3 is 2.55 bits per heavy atom. The molecule has 0 aliphatic carbocycles. The summed E-state index contributed by atoms with van der Waals surface area (Å²) >= 11 is 6.12. The summed E-state index contributed by atoms with van der Waals surface area (Å²) in [6.45, 7) is 4.95. The summed E-state index contributed by atoms with van der Waals surface area (Å²) in [7, 11) is 0. The normalized spacial score (nSPS) is 17.6. The lowest BCUT2D eigenvalue weighted by atomic mass is 10.2. The van der Waals surface area contributed by atoms with Gasteiger partial charge in [0, 0.05) is 38.3 Å². The molecule has 6 nitrogen and oxygen atoms in total. The van der Waals surface area contributed by atoms with Crippen LogP contribution >= 0.6 is 11.6 Å². The van der Waals surface area contributed by atoms with Crippen molar-refractivity contribution < 1.29 is 4.92 Å². The van der Waals surface area contributed by atoms with Gasteiger partial charge in [-0.25, -0.2) is 0 Å². The molecular weight excluding hydrogens is 280 g/mol. The van der Waals surface area contributed by atoms with Crippen molar-refractivity contribution in [1.82, 2.24) is 4.90 Å². The second-order valence-electron chi connectivity index (χ2n) is 4.72. The van der Waals surface area contributed by atoms with Crippen molar-refractivity contribution in [3.8, 4) is 6.07 Å². The lowest BCUT2D eigenvalue weighted by Gasteiger charge is -2.37. The smallest absolute Gasteiger partial charge is 0.271 e. The summed E-state index contributed by atoms with van der Waals surface area (Å²) in [6.07, 6.45) is 0. The molecule has 7 heteroatoms. The third kappa shape index (κ3) is 3.00. The first kappa shape index (κ1) is 14.6. The molecule has 2 rings (SSSR count). The molecule has 0 saturated carbocycles. The molecule has 0 radical (unpaired) electrons. The van der Waals surface area contributed by atoms with Gasteiger partial charge in [0.15, 0.2) is 0 Å². The Bertz CT molecular complexity index is 550. The summed E-state index contributed by atoms with van der Waals surface area (Å²) in [5.41, 5.74) is 0.803. The highest BCUT2D eigenvalue weighted by Gasteiger charge is 2.22. The second-order valence-corrected chi connectivity index (χ2v) is 5.13. The van der Waals surface area contributed by atoms with Crippen LogP contribution in [-0.4, -0.2) is 42.0 Å². The predicted octanol–water partition coefficient (Wildman–Crippen LogP) is 2.28. The molecule has 0 aromatic heterocycles. The summed E-state index contributed by atoms with van der Waals surface area (Å²) in [5.74, 6) is 0. The van der Waals surface area contributed by atoms with Crippen LogP contribution < -0.4 is 4.90 Å². The Morgan fingerprint density at radius 1 is 1.40 bits per heavy atom. The maximum atomic E-state index is 10.7. The van der Waals surface area contributed by atoms with Crippen molar-refractivity contribution in [2.45, 2.75) is 13.0 Å². The molecular formula is C13H15ClN4O2. The lowest BCUT2D eigenvalue weighted by molar-refractivity contribution is -0.384. The topological polar surface area (TPSA) is 73.4 Å². The molecule has 1 atom stereocenters. The van der Waals surface area contributed by atoms with E-state index in [9.17, 15) is 10.1 Å². The van der Waals surface area contributed by atoms with E-state index in [0.29, 0.717) is 5.02 Å². The first-order valence-corrected chi connectivity index (χ1v) is 6.73. The van der Waals surface area contributed by atoms with Crippen LogP contribution in [0.3, 0.4) is 0 Å². The van der Waals surface area contributed by atoms with Crippen LogP contribution in [-0.2, 0) is 0 Å². The highest BCUT2D eigenvalue weighted by Crippen LogP contribution is 2.30. The van der Waals surface area contributed by atoms with Gasteiger partial charge in [0.2, 0.25) is 0 Å². The molecule has 1 aliphatic heterocycles. The number of nitriles is 1. The van der Waals surface area contributed by atoms with Gasteiger partial charge in [0.25, 0.3) is 5.69 Å². The van der Waals surface area contributed by atoms with Gasteiger partial charge >= 0.3 is 0 Å². The molecule has 1 unspecified atom stereocenters. The molecule has 0 spiro atoms. The third-order valence-corrected chi connectivity index (χ3v) is 3.83. The van der Waals surface area contributed by atoms with Gasteiger partial charge in [-0.05, 0) is 13.0 Å². The molecule has 1 heterocycles. The highest BCUT2D eigenvalue weighted by molar-refractivity contribution is 6.33. The number of piperazine rings is 1. The molecule has 1 aliphatic rings. The zero-order valence-electron chi connectivity index (χ0n) is 11.1. The van der Waals surface area contributed by atoms with E-state index in [1.807, 2.05) is 6.92 Å². The average molecular weight is 295 g/mol. The molecule has 0 amide bonds. The maximum Gasteiger partial charge on any atom is 0.271 e. The van der Waals surface area contributed by atoms with E-state index in [1.54, 1.807) is 6.07 Å². The largest absolute Gasteiger partial charge is 0.368 e. The van der Waals surface area contributed by atoms with E-state index >= 15 is 0 Å². The van der Waals surface area contributed by atoms with Crippen LogP contribution in [0, 0.1) is 21.4 Å². The lowest BCUT2D eigenvalue weighted by Crippen LogP contribution is -2.49. The minimum absolute atomic E-state index is 0.00418. The molecule has 1 fully saturated rings. The molecule has 0 bridgehead atoms. The van der Waals surface area contributed by atoms with Gasteiger partial charge in [-0.15, -0.1) is 0 Å². The van der Waals surface area contributed by atoms with E-state index in [0.717, 1.165) is 31.9 Å². The van der Waals surface area contributed by atoms with Crippen molar-refractivity contribution in [3.63, 3.8) is 0 Å². The number of benzene rings is 1. The molecule has 106 valence electrons. The van der Waals surface area contributed by atoms with Gasteiger partial charge in [-0.2, -0.15) is 5.26 Å². The zero-order valence-corrected chi connectivity index (χ0v) is 11.9. The SMILES string of the molecule is CC(C#N)N1CCN(c2ccc([N+](=O)[O-])cc2Cl)CC1. The van der Waals surface area contributed by atoms with Crippen LogP contribution in [0.2, 0.25) is 5.02 Å². The standard InChI is InChI=1S/C13H15ClN4O2/c1-10(9-15)16-4-6-17(7-5-16)13-3-2-11(18(19)20)8-12(13)14/h2-3,8,10H,4-7H2,1H3. The number of nitro benzene ring substituents is 1. The van der Waals surface area contributed by atoms with E-state index in [1.165, 1.54) is 12.1 Å². The first-order chi connectivity index (χ1) is 9.52. The Kier molecular flexibility index (Phi) is 4.42. The molecule has 1 aromatic carbocycles. The number of hydrogen-bond acceptors (Lipinski definition) is 5. The van der Waals surface area contributed by atoms with E-state index in [2.05, 4.69) is 15.9 Å². The van der Waals surface area contributed by atoms with Gasteiger partial charge in [0.1, 0.15) is 0 Å². The number of hydrogen-bond donors (Lipinski definition) is 0. The minimum atomic E-state index is -0.456. The van der Waals surface area contributed by atoms with Crippen LogP contribution in [0.5, 0.6) is 0 Å². The number of nitrogens with zero attached hydrogens (tertiary/aromatic N) is 4. The van der Waals surface area contributed by atoms with Crippen molar-refractivity contribution in [1.29, 1.82) is 5.26 Å². The average Bonchev–Trinajstić information content (AvgIpc) is 2.46. The van der Waals surface area contributed by atoms with Gasteiger partial charge in [-0.1, -0.05) is 11.6 Å².